The van der Waals surface area contributed by atoms with Crippen LogP contribution in [0.2, 0.25) is 0 Å². The molecule has 0 aromatic heterocycles. The summed E-state index contributed by atoms with van der Waals surface area (Å²) in [7, 11) is 0. The molecule has 1 atom stereocenters. The van der Waals surface area contributed by atoms with E-state index in [0.717, 1.165) is 5.56 Å². The minimum absolute atomic E-state index is 0.0418. The van der Waals surface area contributed by atoms with Crippen molar-refractivity contribution in [3.05, 3.63) is 42.5 Å². The van der Waals surface area contributed by atoms with Crippen LogP contribution in [0.15, 0.2) is 36.9 Å². The van der Waals surface area contributed by atoms with Crippen LogP contribution >= 0.6 is 0 Å². The van der Waals surface area contributed by atoms with E-state index >= 15 is 0 Å². The van der Waals surface area contributed by atoms with Gasteiger partial charge in [-0.3, -0.25) is 4.79 Å². The molecule has 0 saturated carbocycles. The lowest BCUT2D eigenvalue weighted by Crippen LogP contribution is -2.39. The van der Waals surface area contributed by atoms with Gasteiger partial charge in [0.2, 0.25) is 5.91 Å². The van der Waals surface area contributed by atoms with E-state index in [2.05, 4.69) is 11.9 Å². The van der Waals surface area contributed by atoms with Gasteiger partial charge in [-0.25, -0.2) is 0 Å². The number of hydrogen-bond donors (Lipinski definition) is 2. The number of aromatic hydroxyl groups is 1. The molecule has 0 aliphatic heterocycles. The van der Waals surface area contributed by atoms with Crippen LogP contribution in [-0.4, -0.2) is 35.5 Å². The van der Waals surface area contributed by atoms with Crippen molar-refractivity contribution in [3.8, 4) is 5.75 Å². The van der Waals surface area contributed by atoms with Crippen LogP contribution in [-0.2, 0) is 4.79 Å². The van der Waals surface area contributed by atoms with E-state index < -0.39 is 0 Å². The van der Waals surface area contributed by atoms with Crippen LogP contribution in [0.4, 0.5) is 0 Å². The summed E-state index contributed by atoms with van der Waals surface area (Å²) in [5.41, 5.74) is 0.930. The molecule has 0 fully saturated rings. The highest BCUT2D eigenvalue weighted by molar-refractivity contribution is 5.78. The molecule has 1 aromatic rings. The molecule has 0 spiro atoms. The van der Waals surface area contributed by atoms with Crippen LogP contribution in [0.5, 0.6) is 5.75 Å². The summed E-state index contributed by atoms with van der Waals surface area (Å²) >= 11 is 0. The number of phenols is 1. The van der Waals surface area contributed by atoms with Gasteiger partial charge in [0.05, 0.1) is 12.6 Å². The zero-order chi connectivity index (χ0) is 14.3. The maximum atomic E-state index is 12.1. The van der Waals surface area contributed by atoms with Crippen molar-refractivity contribution < 1.29 is 9.90 Å². The van der Waals surface area contributed by atoms with Gasteiger partial charge in [0, 0.05) is 13.1 Å². The van der Waals surface area contributed by atoms with Crippen molar-refractivity contribution in [2.75, 3.05) is 19.6 Å². The molecule has 2 N–H and O–H groups in total. The third kappa shape index (κ3) is 4.41. The molecule has 104 valence electrons. The van der Waals surface area contributed by atoms with Crippen LogP contribution in [0, 0.1) is 0 Å². The molecule has 1 unspecified atom stereocenters. The fourth-order valence-corrected chi connectivity index (χ4v) is 2.01. The van der Waals surface area contributed by atoms with Crippen LogP contribution in [0.1, 0.15) is 25.5 Å². The summed E-state index contributed by atoms with van der Waals surface area (Å²) in [6.45, 7) is 9.05. The normalized spacial score (nSPS) is 11.9. The topological polar surface area (TPSA) is 52.6 Å². The zero-order valence-corrected chi connectivity index (χ0v) is 11.6. The highest BCUT2D eigenvalue weighted by Crippen LogP contribution is 2.23. The van der Waals surface area contributed by atoms with Gasteiger partial charge in [0.1, 0.15) is 5.75 Å². The smallest absolute Gasteiger partial charge is 0.237 e. The van der Waals surface area contributed by atoms with Crippen LogP contribution < -0.4 is 5.32 Å². The second-order valence-electron chi connectivity index (χ2n) is 4.37. The van der Waals surface area contributed by atoms with Crippen molar-refractivity contribution in [2.45, 2.75) is 19.9 Å². The predicted octanol–water partition coefficient (Wildman–Crippen LogP) is 2.08. The average Bonchev–Trinajstić information content (AvgIpc) is 2.39. The van der Waals surface area contributed by atoms with Crippen molar-refractivity contribution in [3.63, 3.8) is 0 Å². The molecule has 0 saturated heterocycles. The minimum atomic E-state index is -0.0601. The van der Waals surface area contributed by atoms with E-state index in [1.54, 1.807) is 29.2 Å². The van der Waals surface area contributed by atoms with E-state index in [9.17, 15) is 9.90 Å². The monoisotopic (exact) mass is 262 g/mol. The number of carbonyl (C=O) groups is 1. The van der Waals surface area contributed by atoms with Crippen molar-refractivity contribution in [1.29, 1.82) is 0 Å². The van der Waals surface area contributed by atoms with E-state index in [1.807, 2.05) is 19.9 Å². The number of phenolic OH excluding ortho intramolecular Hbond substituents is 1. The largest absolute Gasteiger partial charge is 0.508 e. The average molecular weight is 262 g/mol. The Morgan fingerprint density at radius 3 is 2.89 bits per heavy atom. The van der Waals surface area contributed by atoms with Gasteiger partial charge in [-0.2, -0.15) is 0 Å². The number of nitrogens with zero attached hydrogens (tertiary/aromatic N) is 1. The molecule has 0 radical (unpaired) electrons. The molecule has 0 aliphatic rings. The van der Waals surface area contributed by atoms with E-state index in [0.29, 0.717) is 19.6 Å². The number of amides is 1. The molecule has 1 amide bonds. The molecule has 4 heteroatoms. The van der Waals surface area contributed by atoms with Gasteiger partial charge in [-0.05, 0) is 31.5 Å². The number of benzene rings is 1. The van der Waals surface area contributed by atoms with Crippen LogP contribution in [0.3, 0.4) is 0 Å². The molecule has 0 bridgehead atoms. The van der Waals surface area contributed by atoms with Gasteiger partial charge in [0.25, 0.3) is 0 Å². The lowest BCUT2D eigenvalue weighted by atomic mass is 10.1. The SMILES string of the molecule is C=CCNCC(=O)N(CC)C(C)c1cccc(O)c1. The highest BCUT2D eigenvalue weighted by atomic mass is 16.3. The second kappa shape index (κ2) is 7.59. The van der Waals surface area contributed by atoms with Crippen molar-refractivity contribution in [1.82, 2.24) is 10.2 Å². The van der Waals surface area contributed by atoms with Crippen LogP contribution in [0.25, 0.3) is 0 Å². The zero-order valence-electron chi connectivity index (χ0n) is 11.6. The Balaban J connectivity index is 2.73. The van der Waals surface area contributed by atoms with Gasteiger partial charge >= 0.3 is 0 Å². The Kier molecular flexibility index (Phi) is 6.09. The van der Waals surface area contributed by atoms with Crippen molar-refractivity contribution in [2.24, 2.45) is 0 Å². The Hall–Kier alpha value is -1.81. The first-order valence-electron chi connectivity index (χ1n) is 6.50. The second-order valence-corrected chi connectivity index (χ2v) is 4.37. The third-order valence-electron chi connectivity index (χ3n) is 3.05. The standard InChI is InChI=1S/C15H22N2O2/c1-4-9-16-11-15(19)17(5-2)12(3)13-7-6-8-14(18)10-13/h4,6-8,10,12,16,18H,1,5,9,11H2,2-3H3. The van der Waals surface area contributed by atoms with E-state index in [-0.39, 0.29) is 17.7 Å². The Morgan fingerprint density at radius 1 is 1.58 bits per heavy atom. The molecule has 19 heavy (non-hydrogen) atoms. The fourth-order valence-electron chi connectivity index (χ4n) is 2.01. The Bertz CT molecular complexity index is 432. The molecule has 0 aliphatic carbocycles. The first-order chi connectivity index (χ1) is 9.10. The van der Waals surface area contributed by atoms with Gasteiger partial charge in [-0.1, -0.05) is 18.2 Å². The number of hydrogen-bond acceptors (Lipinski definition) is 3. The molecule has 1 rings (SSSR count). The summed E-state index contributed by atoms with van der Waals surface area (Å²) in [4.78, 5) is 13.9. The summed E-state index contributed by atoms with van der Waals surface area (Å²) in [5.74, 6) is 0.262. The molecule has 1 aromatic carbocycles. The molecular weight excluding hydrogens is 240 g/mol. The van der Waals surface area contributed by atoms with Gasteiger partial charge < -0.3 is 15.3 Å². The maximum absolute atomic E-state index is 12.1. The highest BCUT2D eigenvalue weighted by Gasteiger charge is 2.19. The number of carbonyl (C=O) groups excluding carboxylic acids is 1. The van der Waals surface area contributed by atoms with E-state index in [1.165, 1.54) is 0 Å². The summed E-state index contributed by atoms with van der Waals surface area (Å²) < 4.78 is 0. The number of rotatable bonds is 7. The fraction of sp³-hybridized carbons (Fsp3) is 0.400. The molecule has 4 nitrogen and oxygen atoms in total. The molecule has 0 heterocycles. The maximum Gasteiger partial charge on any atom is 0.237 e. The lowest BCUT2D eigenvalue weighted by molar-refractivity contribution is -0.132. The first-order valence-corrected chi connectivity index (χ1v) is 6.50. The van der Waals surface area contributed by atoms with E-state index in [4.69, 9.17) is 0 Å². The first kappa shape index (κ1) is 15.2. The summed E-state index contributed by atoms with van der Waals surface area (Å²) in [6, 6.07) is 6.96. The van der Waals surface area contributed by atoms with Gasteiger partial charge in [-0.15, -0.1) is 6.58 Å². The third-order valence-corrected chi connectivity index (χ3v) is 3.05. The number of likely N-dealkylation sites (N-methyl/N-ethyl adjacent to an activating group) is 1. The Labute approximate surface area is 114 Å². The quantitative estimate of drug-likeness (QED) is 0.584. The number of nitrogens with one attached hydrogen (secondary N) is 1. The summed E-state index contributed by atoms with van der Waals surface area (Å²) in [5, 5.41) is 12.5. The predicted molar refractivity (Wildman–Crippen MR) is 77.0 cm³/mol. The Morgan fingerprint density at radius 2 is 2.32 bits per heavy atom. The minimum Gasteiger partial charge on any atom is -0.508 e. The lowest BCUT2D eigenvalue weighted by Gasteiger charge is -2.28. The van der Waals surface area contributed by atoms with Crippen molar-refractivity contribution >= 4 is 5.91 Å². The summed E-state index contributed by atoms with van der Waals surface area (Å²) in [6.07, 6.45) is 1.72. The van der Waals surface area contributed by atoms with Gasteiger partial charge in [0.15, 0.2) is 0 Å². The molecular formula is C15H22N2O2.